The van der Waals surface area contributed by atoms with Crippen molar-refractivity contribution in [3.05, 3.63) is 35.9 Å². The number of amides is 2. The molecule has 0 aliphatic carbocycles. The van der Waals surface area contributed by atoms with Crippen LogP contribution < -0.4 is 5.32 Å². The average molecular weight is 392 g/mol. The highest BCUT2D eigenvalue weighted by Crippen LogP contribution is 2.19. The predicted molar refractivity (Wildman–Crippen MR) is 106 cm³/mol. The van der Waals surface area contributed by atoms with E-state index in [1.165, 1.54) is 4.90 Å². The molecular formula is C21H32N2O5. The molecule has 2 amide bonds. The highest BCUT2D eigenvalue weighted by molar-refractivity contribution is 5.86. The van der Waals surface area contributed by atoms with Gasteiger partial charge in [-0.25, -0.2) is 4.79 Å². The third-order valence-electron chi connectivity index (χ3n) is 4.62. The van der Waals surface area contributed by atoms with Gasteiger partial charge >= 0.3 is 6.09 Å². The second kappa shape index (κ2) is 12.4. The van der Waals surface area contributed by atoms with Crippen molar-refractivity contribution in [1.82, 2.24) is 10.2 Å². The van der Waals surface area contributed by atoms with Crippen molar-refractivity contribution in [2.45, 2.75) is 58.5 Å². The summed E-state index contributed by atoms with van der Waals surface area (Å²) in [7, 11) is 0. The van der Waals surface area contributed by atoms with Crippen LogP contribution in [0.4, 0.5) is 4.79 Å². The minimum atomic E-state index is -0.460. The first kappa shape index (κ1) is 22.2. The number of hydrogen-bond donors (Lipinski definition) is 1. The Bertz CT molecular complexity index is 590. The van der Waals surface area contributed by atoms with Gasteiger partial charge in [-0.05, 0) is 38.7 Å². The van der Waals surface area contributed by atoms with E-state index in [2.05, 4.69) is 5.32 Å². The van der Waals surface area contributed by atoms with Gasteiger partial charge in [0, 0.05) is 32.7 Å². The van der Waals surface area contributed by atoms with Crippen LogP contribution in [0.5, 0.6) is 0 Å². The molecule has 1 saturated heterocycles. The van der Waals surface area contributed by atoms with Crippen molar-refractivity contribution in [3.63, 3.8) is 0 Å². The van der Waals surface area contributed by atoms with Crippen LogP contribution in [0.1, 0.15) is 45.1 Å². The molecule has 0 aromatic heterocycles. The highest BCUT2D eigenvalue weighted by Gasteiger charge is 2.34. The van der Waals surface area contributed by atoms with E-state index in [9.17, 15) is 9.59 Å². The van der Waals surface area contributed by atoms with Gasteiger partial charge in [0.15, 0.2) is 6.29 Å². The molecule has 1 aromatic rings. The predicted octanol–water partition coefficient (Wildman–Crippen LogP) is 3.08. The molecule has 0 radical (unpaired) electrons. The molecule has 1 N–H and O–H groups in total. The summed E-state index contributed by atoms with van der Waals surface area (Å²) in [4.78, 5) is 26.4. The number of carbonyl (C=O) groups excluding carboxylic acids is 2. The second-order valence-electron chi connectivity index (χ2n) is 6.67. The third kappa shape index (κ3) is 7.13. The van der Waals surface area contributed by atoms with E-state index in [0.29, 0.717) is 32.7 Å². The molecule has 1 aliphatic heterocycles. The molecule has 1 atom stereocenters. The van der Waals surface area contributed by atoms with Gasteiger partial charge in [0.1, 0.15) is 12.6 Å². The summed E-state index contributed by atoms with van der Waals surface area (Å²) in [6.45, 7) is 6.33. The largest absolute Gasteiger partial charge is 0.445 e. The normalized spacial score (nSPS) is 16.4. The number of likely N-dealkylation sites (tertiary alicyclic amines) is 1. The third-order valence-corrected chi connectivity index (χ3v) is 4.62. The van der Waals surface area contributed by atoms with Gasteiger partial charge in [0.05, 0.1) is 0 Å². The number of benzene rings is 1. The van der Waals surface area contributed by atoms with Crippen LogP contribution in [-0.2, 0) is 25.6 Å². The lowest BCUT2D eigenvalue weighted by atomic mass is 10.2. The van der Waals surface area contributed by atoms with Gasteiger partial charge < -0.3 is 19.5 Å². The molecule has 7 nitrogen and oxygen atoms in total. The fourth-order valence-electron chi connectivity index (χ4n) is 3.24. The Morgan fingerprint density at radius 2 is 1.89 bits per heavy atom. The number of rotatable bonds is 11. The Hall–Kier alpha value is -2.12. The Balaban J connectivity index is 1.73. The fraction of sp³-hybridized carbons (Fsp3) is 0.619. The number of ether oxygens (including phenoxy) is 3. The number of nitrogens with zero attached hydrogens (tertiary/aromatic N) is 1. The summed E-state index contributed by atoms with van der Waals surface area (Å²) in [6.07, 6.45) is 2.26. The first-order valence-electron chi connectivity index (χ1n) is 10.1. The molecular weight excluding hydrogens is 360 g/mol. The molecule has 0 saturated carbocycles. The van der Waals surface area contributed by atoms with Crippen molar-refractivity contribution in [2.24, 2.45) is 0 Å². The summed E-state index contributed by atoms with van der Waals surface area (Å²) >= 11 is 0. The average Bonchev–Trinajstić information content (AvgIpc) is 3.20. The fourth-order valence-corrected chi connectivity index (χ4v) is 3.24. The molecule has 7 heteroatoms. The molecule has 1 heterocycles. The van der Waals surface area contributed by atoms with Crippen molar-refractivity contribution in [2.75, 3.05) is 26.3 Å². The van der Waals surface area contributed by atoms with Crippen molar-refractivity contribution < 1.29 is 23.8 Å². The lowest BCUT2D eigenvalue weighted by molar-refractivity contribution is -0.140. The van der Waals surface area contributed by atoms with Crippen LogP contribution in [0.25, 0.3) is 0 Å². The van der Waals surface area contributed by atoms with E-state index in [4.69, 9.17) is 14.2 Å². The molecule has 1 fully saturated rings. The van der Waals surface area contributed by atoms with E-state index in [1.807, 2.05) is 44.2 Å². The Kier molecular flexibility index (Phi) is 9.79. The molecule has 2 rings (SSSR count). The number of carbonyl (C=O) groups is 2. The standard InChI is InChI=1S/C21H32N2O5/c1-3-26-19(27-4-2)13-8-14-22-20(24)18-12-9-15-23(18)21(25)28-16-17-10-6-5-7-11-17/h5-7,10-11,18-19H,3-4,8-9,12-16H2,1-2H3,(H,22,24)/t18-/m0/s1. The minimum absolute atomic E-state index is 0.126. The summed E-state index contributed by atoms with van der Waals surface area (Å²) in [6, 6.07) is 9.06. The smallest absolute Gasteiger partial charge is 0.410 e. The molecule has 0 unspecified atom stereocenters. The van der Waals surface area contributed by atoms with Gasteiger partial charge in [-0.3, -0.25) is 9.69 Å². The molecule has 1 aliphatic rings. The maximum Gasteiger partial charge on any atom is 0.410 e. The zero-order valence-electron chi connectivity index (χ0n) is 16.9. The SMILES string of the molecule is CCOC(CCCNC(=O)[C@@H]1CCCN1C(=O)OCc1ccccc1)OCC. The Morgan fingerprint density at radius 1 is 1.18 bits per heavy atom. The van der Waals surface area contributed by atoms with Crippen LogP contribution in [0.2, 0.25) is 0 Å². The summed E-state index contributed by atoms with van der Waals surface area (Å²) in [5, 5.41) is 2.92. The topological polar surface area (TPSA) is 77.1 Å². The van der Waals surface area contributed by atoms with Crippen molar-refractivity contribution in [1.29, 1.82) is 0 Å². The summed E-state index contributed by atoms with van der Waals surface area (Å²) in [5.41, 5.74) is 0.925. The first-order chi connectivity index (χ1) is 13.7. The van der Waals surface area contributed by atoms with E-state index in [0.717, 1.165) is 24.8 Å². The van der Waals surface area contributed by atoms with E-state index < -0.39 is 12.1 Å². The highest BCUT2D eigenvalue weighted by atomic mass is 16.7. The van der Waals surface area contributed by atoms with Crippen LogP contribution in [-0.4, -0.2) is 55.5 Å². The van der Waals surface area contributed by atoms with Crippen molar-refractivity contribution in [3.8, 4) is 0 Å². The van der Waals surface area contributed by atoms with Gasteiger partial charge in [-0.15, -0.1) is 0 Å². The van der Waals surface area contributed by atoms with Crippen LogP contribution in [0.15, 0.2) is 30.3 Å². The van der Waals surface area contributed by atoms with Gasteiger partial charge in [0.25, 0.3) is 0 Å². The van der Waals surface area contributed by atoms with Gasteiger partial charge in [-0.2, -0.15) is 0 Å². The number of nitrogens with one attached hydrogen (secondary N) is 1. The first-order valence-corrected chi connectivity index (χ1v) is 10.1. The molecule has 1 aromatic carbocycles. The summed E-state index contributed by atoms with van der Waals surface area (Å²) in [5.74, 6) is -0.126. The zero-order chi connectivity index (χ0) is 20.2. The lowest BCUT2D eigenvalue weighted by Gasteiger charge is -2.23. The van der Waals surface area contributed by atoms with Gasteiger partial charge in [0.2, 0.25) is 5.91 Å². The second-order valence-corrected chi connectivity index (χ2v) is 6.67. The molecule has 0 spiro atoms. The quantitative estimate of drug-likeness (QED) is 0.463. The Morgan fingerprint density at radius 3 is 2.57 bits per heavy atom. The monoisotopic (exact) mass is 392 g/mol. The molecule has 0 bridgehead atoms. The maximum atomic E-state index is 12.5. The minimum Gasteiger partial charge on any atom is -0.445 e. The lowest BCUT2D eigenvalue weighted by Crippen LogP contribution is -2.46. The molecule has 156 valence electrons. The molecule has 28 heavy (non-hydrogen) atoms. The zero-order valence-corrected chi connectivity index (χ0v) is 16.9. The van der Waals surface area contributed by atoms with E-state index >= 15 is 0 Å². The maximum absolute atomic E-state index is 12.5. The Labute approximate surface area is 167 Å². The van der Waals surface area contributed by atoms with Crippen LogP contribution >= 0.6 is 0 Å². The van der Waals surface area contributed by atoms with E-state index in [1.54, 1.807) is 0 Å². The van der Waals surface area contributed by atoms with Crippen molar-refractivity contribution >= 4 is 12.0 Å². The van der Waals surface area contributed by atoms with E-state index in [-0.39, 0.29) is 18.8 Å². The van der Waals surface area contributed by atoms with Crippen LogP contribution in [0, 0.1) is 0 Å². The van der Waals surface area contributed by atoms with Gasteiger partial charge in [-0.1, -0.05) is 30.3 Å². The number of hydrogen-bond acceptors (Lipinski definition) is 5. The summed E-state index contributed by atoms with van der Waals surface area (Å²) < 4.78 is 16.4. The van der Waals surface area contributed by atoms with Crippen LogP contribution in [0.3, 0.4) is 0 Å².